The standard InChI is InChI=1S/C32H43NO4/c1-32(2,31(35)36)27-17-15-24(16-18-27)29(34)14-9-21-33-22-19-28(20-23-33)37-30(25-10-5-3-6-11-25)26-12-7-4-8-13-26/h3,5-6,10-11,15-18,26,28,30H,4,7-9,12-14,19-23H2,1-2H3,(H,35,36)/i3D,5D,6D,10D,11D,30D. The summed E-state index contributed by atoms with van der Waals surface area (Å²) < 4.78 is 57.5. The summed E-state index contributed by atoms with van der Waals surface area (Å²) in [5, 5.41) is 9.42. The van der Waals surface area contributed by atoms with Gasteiger partial charge in [-0.05, 0) is 69.5 Å². The van der Waals surface area contributed by atoms with Gasteiger partial charge in [-0.3, -0.25) is 9.59 Å². The number of rotatable bonds is 11. The van der Waals surface area contributed by atoms with Crippen LogP contribution >= 0.6 is 0 Å². The van der Waals surface area contributed by atoms with Crippen molar-refractivity contribution in [3.05, 3.63) is 71.2 Å². The maximum absolute atomic E-state index is 12.8. The molecule has 0 aromatic heterocycles. The minimum Gasteiger partial charge on any atom is -0.481 e. The number of carboxylic acids is 1. The van der Waals surface area contributed by atoms with E-state index in [2.05, 4.69) is 4.90 Å². The van der Waals surface area contributed by atoms with Crippen molar-refractivity contribution < 1.29 is 27.7 Å². The van der Waals surface area contributed by atoms with E-state index in [0.717, 1.165) is 51.7 Å². The Balaban J connectivity index is 1.35. The van der Waals surface area contributed by atoms with Crippen LogP contribution in [0, 0.1) is 5.92 Å². The smallest absolute Gasteiger partial charge is 0.313 e. The number of ketones is 1. The Hall–Kier alpha value is -2.50. The Morgan fingerprint density at radius 2 is 1.70 bits per heavy atom. The summed E-state index contributed by atoms with van der Waals surface area (Å²) in [4.78, 5) is 26.5. The van der Waals surface area contributed by atoms with Crippen LogP contribution in [-0.2, 0) is 14.9 Å². The largest absolute Gasteiger partial charge is 0.481 e. The zero-order chi connectivity index (χ0) is 31.5. The first-order chi connectivity index (χ1) is 20.3. The summed E-state index contributed by atoms with van der Waals surface area (Å²) >= 11 is 0. The van der Waals surface area contributed by atoms with E-state index in [1.54, 1.807) is 38.1 Å². The molecule has 37 heavy (non-hydrogen) atoms. The third-order valence-electron chi connectivity index (χ3n) is 7.89. The highest BCUT2D eigenvalue weighted by Crippen LogP contribution is 2.38. The molecule has 1 aliphatic carbocycles. The molecule has 0 amide bonds. The molecule has 4 rings (SSSR count). The highest BCUT2D eigenvalue weighted by atomic mass is 16.5. The second-order valence-corrected chi connectivity index (χ2v) is 10.9. The van der Waals surface area contributed by atoms with E-state index in [0.29, 0.717) is 36.8 Å². The van der Waals surface area contributed by atoms with Gasteiger partial charge in [0.05, 0.1) is 25.8 Å². The van der Waals surface area contributed by atoms with Crippen LogP contribution in [0.2, 0.25) is 0 Å². The van der Waals surface area contributed by atoms with Crippen LogP contribution in [0.5, 0.6) is 0 Å². The van der Waals surface area contributed by atoms with Crippen LogP contribution in [0.4, 0.5) is 0 Å². The maximum Gasteiger partial charge on any atom is 0.313 e. The Bertz CT molecular complexity index is 1290. The minimum atomic E-state index is -1.72. The van der Waals surface area contributed by atoms with Crippen molar-refractivity contribution in [3.8, 4) is 0 Å². The summed E-state index contributed by atoms with van der Waals surface area (Å²) in [6.07, 6.45) is 4.72. The first-order valence-corrected chi connectivity index (χ1v) is 13.6. The molecule has 0 spiro atoms. The fourth-order valence-electron chi connectivity index (χ4n) is 5.33. The molecule has 5 heteroatoms. The predicted molar refractivity (Wildman–Crippen MR) is 147 cm³/mol. The van der Waals surface area contributed by atoms with E-state index in [4.69, 9.17) is 11.6 Å². The number of aliphatic carboxylic acids is 1. The van der Waals surface area contributed by atoms with Crippen LogP contribution in [0.25, 0.3) is 0 Å². The molecule has 0 radical (unpaired) electrons. The van der Waals surface area contributed by atoms with Gasteiger partial charge >= 0.3 is 5.97 Å². The Morgan fingerprint density at radius 1 is 1.05 bits per heavy atom. The van der Waals surface area contributed by atoms with Crippen LogP contribution in [0.15, 0.2) is 54.5 Å². The van der Waals surface area contributed by atoms with Gasteiger partial charge in [-0.15, -0.1) is 0 Å². The second kappa shape index (κ2) is 12.8. The minimum absolute atomic E-state index is 0.0167. The van der Waals surface area contributed by atoms with E-state index in [9.17, 15) is 16.1 Å². The Kier molecular flexibility index (Phi) is 7.10. The van der Waals surface area contributed by atoms with Gasteiger partial charge in [0.15, 0.2) is 5.78 Å². The van der Waals surface area contributed by atoms with Crippen molar-refractivity contribution in [2.75, 3.05) is 19.6 Å². The van der Waals surface area contributed by atoms with E-state index in [1.807, 2.05) is 0 Å². The lowest BCUT2D eigenvalue weighted by Gasteiger charge is -2.37. The number of Topliss-reactive ketones (excluding diaryl/α,β-unsaturated/α-hetero) is 1. The molecule has 1 atom stereocenters. The average Bonchev–Trinajstić information content (AvgIpc) is 3.00. The monoisotopic (exact) mass is 511 g/mol. The molecule has 1 aliphatic heterocycles. The summed E-state index contributed by atoms with van der Waals surface area (Å²) in [5.74, 6) is -1.15. The number of nitrogens with zero attached hydrogens (tertiary/aromatic N) is 1. The zero-order valence-electron chi connectivity index (χ0n) is 28.1. The van der Waals surface area contributed by atoms with Crippen LogP contribution in [0.3, 0.4) is 0 Å². The quantitative estimate of drug-likeness (QED) is 0.336. The highest BCUT2D eigenvalue weighted by molar-refractivity contribution is 5.96. The normalized spacial score (nSPS) is 22.1. The molecule has 2 aromatic carbocycles. The Morgan fingerprint density at radius 3 is 2.32 bits per heavy atom. The average molecular weight is 512 g/mol. The molecule has 5 nitrogen and oxygen atoms in total. The lowest BCUT2D eigenvalue weighted by molar-refractivity contribution is -0.142. The summed E-state index contributed by atoms with van der Waals surface area (Å²) in [7, 11) is 0. The van der Waals surface area contributed by atoms with Crippen LogP contribution in [0.1, 0.15) is 107 Å². The van der Waals surface area contributed by atoms with E-state index in [-0.39, 0.29) is 35.5 Å². The molecule has 0 bridgehead atoms. The van der Waals surface area contributed by atoms with E-state index >= 15 is 0 Å². The molecule has 1 saturated heterocycles. The van der Waals surface area contributed by atoms with Crippen molar-refractivity contribution >= 4 is 11.8 Å². The second-order valence-electron chi connectivity index (χ2n) is 10.9. The van der Waals surface area contributed by atoms with Gasteiger partial charge in [0, 0.05) is 25.1 Å². The van der Waals surface area contributed by atoms with Gasteiger partial charge in [0.25, 0.3) is 0 Å². The topological polar surface area (TPSA) is 66.8 Å². The molecule has 200 valence electrons. The molecule has 1 saturated carbocycles. The van der Waals surface area contributed by atoms with Crippen molar-refractivity contribution in [1.82, 2.24) is 4.90 Å². The third kappa shape index (κ3) is 7.30. The number of carboxylic acid groups (broad SMARTS) is 1. The molecular weight excluding hydrogens is 462 g/mol. The van der Waals surface area contributed by atoms with Gasteiger partial charge < -0.3 is 14.7 Å². The fraction of sp³-hybridized carbons (Fsp3) is 0.562. The van der Waals surface area contributed by atoms with Crippen LogP contribution in [-0.4, -0.2) is 47.5 Å². The lowest BCUT2D eigenvalue weighted by Crippen LogP contribution is -2.38. The van der Waals surface area contributed by atoms with Gasteiger partial charge in [-0.1, -0.05) is 73.7 Å². The summed E-state index contributed by atoms with van der Waals surface area (Å²) in [6, 6.07) is 4.76. The maximum atomic E-state index is 12.8. The number of carbonyl (C=O) groups excluding carboxylic acids is 1. The number of likely N-dealkylation sites (tertiary alicyclic amines) is 1. The van der Waals surface area contributed by atoms with Gasteiger partial charge in [-0.25, -0.2) is 0 Å². The van der Waals surface area contributed by atoms with Crippen molar-refractivity contribution in [1.29, 1.82) is 0 Å². The third-order valence-corrected chi connectivity index (χ3v) is 7.89. The van der Waals surface area contributed by atoms with Gasteiger partial charge in [0.2, 0.25) is 0 Å². The molecule has 1 heterocycles. The molecule has 2 fully saturated rings. The first kappa shape index (κ1) is 20.5. The molecule has 1 unspecified atom stereocenters. The fourth-order valence-corrected chi connectivity index (χ4v) is 5.33. The summed E-state index contributed by atoms with van der Waals surface area (Å²) in [6.45, 7) is 5.45. The van der Waals surface area contributed by atoms with Crippen molar-refractivity contribution in [2.24, 2.45) is 5.92 Å². The first-order valence-electron chi connectivity index (χ1n) is 16.6. The summed E-state index contributed by atoms with van der Waals surface area (Å²) in [5.41, 5.74) is 0.140. The highest BCUT2D eigenvalue weighted by Gasteiger charge is 2.31. The van der Waals surface area contributed by atoms with Crippen LogP contribution < -0.4 is 0 Å². The molecule has 2 aromatic rings. The number of ether oxygens (including phenoxy) is 1. The van der Waals surface area contributed by atoms with Crippen molar-refractivity contribution in [3.63, 3.8) is 0 Å². The number of piperidine rings is 1. The SMILES string of the molecule is [2H]c1c([2H])c([2H])c(C([2H])(OC2CCN(CCCC(=O)c3ccc(C(C)(C)C(=O)O)cc3)CC2)C2CCCCC2)c([2H])c1[2H]. The van der Waals surface area contributed by atoms with E-state index < -0.39 is 35.6 Å². The molecular formula is C32H43NO4. The van der Waals surface area contributed by atoms with Crippen molar-refractivity contribution in [2.45, 2.75) is 89.2 Å². The predicted octanol–water partition coefficient (Wildman–Crippen LogP) is 6.81. The lowest BCUT2D eigenvalue weighted by atomic mass is 9.82. The Labute approximate surface area is 230 Å². The van der Waals surface area contributed by atoms with Gasteiger partial charge in [0.1, 0.15) is 0 Å². The number of hydrogen-bond donors (Lipinski definition) is 1. The number of benzene rings is 2. The number of hydrogen-bond acceptors (Lipinski definition) is 4. The molecule has 1 N–H and O–H groups in total. The number of carbonyl (C=O) groups is 2. The van der Waals surface area contributed by atoms with E-state index in [1.165, 1.54) is 0 Å². The molecule has 2 aliphatic rings. The van der Waals surface area contributed by atoms with Gasteiger partial charge in [-0.2, -0.15) is 0 Å². The zero-order valence-corrected chi connectivity index (χ0v) is 22.1.